The molecule has 1 heterocycles. The summed E-state index contributed by atoms with van der Waals surface area (Å²) in [5.74, 6) is 1.45. The summed E-state index contributed by atoms with van der Waals surface area (Å²) in [4.78, 5) is 11.3. The minimum atomic E-state index is -0.638. The molecule has 0 N–H and O–H groups in total. The molecule has 0 saturated heterocycles. The molecule has 0 bridgehead atoms. The van der Waals surface area contributed by atoms with Gasteiger partial charge in [0.1, 0.15) is 35.0 Å². The molecule has 8 nitrogen and oxygen atoms in total. The fourth-order valence-corrected chi connectivity index (χ4v) is 5.17. The van der Waals surface area contributed by atoms with Crippen molar-refractivity contribution in [2.75, 3.05) is 13.7 Å². The molecule has 3 aromatic carbocycles. The maximum absolute atomic E-state index is 13.6. The molecule has 11 heteroatoms. The number of methoxy groups -OCH3 is 1. The number of benzene rings is 3. The van der Waals surface area contributed by atoms with Crippen LogP contribution in [0.25, 0.3) is 5.69 Å². The zero-order chi connectivity index (χ0) is 25.7. The topological polar surface area (TPSA) is 92.3 Å². The lowest BCUT2D eigenvalue weighted by atomic mass is 10.1. The number of ether oxygens (including phenoxy) is 2. The van der Waals surface area contributed by atoms with Crippen LogP contribution in [0.2, 0.25) is 0 Å². The van der Waals surface area contributed by atoms with Gasteiger partial charge in [-0.1, -0.05) is 39.8 Å². The summed E-state index contributed by atoms with van der Waals surface area (Å²) in [5.41, 5.74) is 2.07. The number of halogens is 2. The Morgan fingerprint density at radius 3 is 2.61 bits per heavy atom. The van der Waals surface area contributed by atoms with E-state index in [1.54, 1.807) is 37.4 Å². The standard InChI is InChI=1S/C25H22BrFN4O4S/c1-16-28-29-25(31(16)20-7-9-21(34-2)10-8-20)36-24(14-30(32)33)22-13-18(26)6-11-23(22)35-15-17-4-3-5-19(27)12-17/h3-13,24H,14-15H2,1-2H3/t24-/m1/s1. The summed E-state index contributed by atoms with van der Waals surface area (Å²) >= 11 is 4.69. The second kappa shape index (κ2) is 11.5. The smallest absolute Gasteiger partial charge is 0.220 e. The largest absolute Gasteiger partial charge is 0.497 e. The van der Waals surface area contributed by atoms with Crippen molar-refractivity contribution in [3.8, 4) is 17.2 Å². The highest BCUT2D eigenvalue weighted by atomic mass is 79.9. The first-order chi connectivity index (χ1) is 17.3. The molecule has 0 saturated carbocycles. The number of thioether (sulfide) groups is 1. The Kier molecular flexibility index (Phi) is 8.21. The van der Waals surface area contributed by atoms with Crippen molar-refractivity contribution in [1.29, 1.82) is 0 Å². The second-order valence-electron chi connectivity index (χ2n) is 7.79. The number of aryl methyl sites for hydroxylation is 1. The third-order valence-corrected chi connectivity index (χ3v) is 6.95. The number of rotatable bonds is 10. The van der Waals surface area contributed by atoms with Crippen molar-refractivity contribution in [2.24, 2.45) is 0 Å². The fraction of sp³-hybridized carbons (Fsp3) is 0.200. The van der Waals surface area contributed by atoms with Gasteiger partial charge in [0.25, 0.3) is 0 Å². The zero-order valence-corrected chi connectivity index (χ0v) is 21.8. The van der Waals surface area contributed by atoms with Gasteiger partial charge in [0.05, 0.1) is 7.11 Å². The van der Waals surface area contributed by atoms with Gasteiger partial charge in [-0.05, 0) is 67.1 Å². The Bertz CT molecular complexity index is 1370. The average Bonchev–Trinajstić information content (AvgIpc) is 3.22. The van der Waals surface area contributed by atoms with Gasteiger partial charge in [0.2, 0.25) is 6.54 Å². The third kappa shape index (κ3) is 6.21. The van der Waals surface area contributed by atoms with Crippen LogP contribution in [-0.4, -0.2) is 33.3 Å². The minimum Gasteiger partial charge on any atom is -0.497 e. The Morgan fingerprint density at radius 1 is 1.14 bits per heavy atom. The van der Waals surface area contributed by atoms with Gasteiger partial charge < -0.3 is 9.47 Å². The molecule has 0 unspecified atom stereocenters. The van der Waals surface area contributed by atoms with Gasteiger partial charge in [0.15, 0.2) is 5.16 Å². The third-order valence-electron chi connectivity index (χ3n) is 5.29. The van der Waals surface area contributed by atoms with E-state index < -0.39 is 5.25 Å². The van der Waals surface area contributed by atoms with Crippen LogP contribution in [0.1, 0.15) is 22.2 Å². The zero-order valence-electron chi connectivity index (χ0n) is 19.4. The lowest BCUT2D eigenvalue weighted by Crippen LogP contribution is -2.13. The van der Waals surface area contributed by atoms with E-state index in [0.29, 0.717) is 33.6 Å². The number of nitro groups is 1. The first kappa shape index (κ1) is 25.6. The summed E-state index contributed by atoms with van der Waals surface area (Å²) in [6.07, 6.45) is 0. The van der Waals surface area contributed by atoms with Crippen LogP contribution in [0.5, 0.6) is 11.5 Å². The van der Waals surface area contributed by atoms with Crippen LogP contribution in [0.15, 0.2) is 76.4 Å². The highest BCUT2D eigenvalue weighted by Crippen LogP contribution is 2.41. The monoisotopic (exact) mass is 572 g/mol. The number of aromatic nitrogens is 3. The van der Waals surface area contributed by atoms with Crippen LogP contribution < -0.4 is 9.47 Å². The van der Waals surface area contributed by atoms with Gasteiger partial charge >= 0.3 is 0 Å². The predicted molar refractivity (Wildman–Crippen MR) is 138 cm³/mol. The molecule has 0 amide bonds. The van der Waals surface area contributed by atoms with Gasteiger partial charge in [0, 0.05) is 20.6 Å². The molecule has 0 aliphatic carbocycles. The molecule has 1 aromatic heterocycles. The normalized spacial score (nSPS) is 11.8. The first-order valence-electron chi connectivity index (χ1n) is 10.9. The van der Waals surface area contributed by atoms with Crippen molar-refractivity contribution in [3.63, 3.8) is 0 Å². The van der Waals surface area contributed by atoms with E-state index in [1.807, 2.05) is 35.8 Å². The van der Waals surface area contributed by atoms with E-state index in [9.17, 15) is 14.5 Å². The van der Waals surface area contributed by atoms with E-state index in [1.165, 1.54) is 23.9 Å². The lowest BCUT2D eigenvalue weighted by Gasteiger charge is -2.18. The summed E-state index contributed by atoms with van der Waals surface area (Å²) in [5, 5.41) is 20.0. The van der Waals surface area contributed by atoms with Gasteiger partial charge in [-0.2, -0.15) is 0 Å². The number of hydrogen-bond donors (Lipinski definition) is 0. The van der Waals surface area contributed by atoms with E-state index in [4.69, 9.17) is 9.47 Å². The maximum Gasteiger partial charge on any atom is 0.220 e. The Morgan fingerprint density at radius 2 is 1.92 bits per heavy atom. The average molecular weight is 573 g/mol. The summed E-state index contributed by atoms with van der Waals surface area (Å²) < 4.78 is 27.4. The van der Waals surface area contributed by atoms with E-state index in [0.717, 1.165) is 10.2 Å². The SMILES string of the molecule is COc1ccc(-n2c(C)nnc2S[C@H](C[N+](=O)[O-])c2cc(Br)ccc2OCc2cccc(F)c2)cc1. The van der Waals surface area contributed by atoms with E-state index in [-0.39, 0.29) is 23.9 Å². The van der Waals surface area contributed by atoms with E-state index >= 15 is 0 Å². The molecule has 0 aliphatic rings. The Labute approximate surface area is 219 Å². The minimum absolute atomic E-state index is 0.114. The van der Waals surface area contributed by atoms with E-state index in [2.05, 4.69) is 26.1 Å². The molecular formula is C25H22BrFN4O4S. The molecule has 4 rings (SSSR count). The summed E-state index contributed by atoms with van der Waals surface area (Å²) in [6.45, 7) is 1.56. The molecule has 0 fully saturated rings. The maximum atomic E-state index is 13.6. The quantitative estimate of drug-likeness (QED) is 0.127. The van der Waals surface area contributed by atoms with Crippen LogP contribution in [0.4, 0.5) is 4.39 Å². The summed E-state index contributed by atoms with van der Waals surface area (Å²) in [7, 11) is 1.59. The predicted octanol–water partition coefficient (Wildman–Crippen LogP) is 6.18. The van der Waals surface area contributed by atoms with Gasteiger partial charge in [-0.15, -0.1) is 10.2 Å². The van der Waals surface area contributed by atoms with Gasteiger partial charge in [-0.25, -0.2) is 4.39 Å². The van der Waals surface area contributed by atoms with Crippen LogP contribution in [0.3, 0.4) is 0 Å². The highest BCUT2D eigenvalue weighted by Gasteiger charge is 2.27. The number of nitrogens with zero attached hydrogens (tertiary/aromatic N) is 4. The second-order valence-corrected chi connectivity index (χ2v) is 9.87. The molecule has 0 aliphatic heterocycles. The van der Waals surface area contributed by atoms with Crippen LogP contribution >= 0.6 is 27.7 Å². The molecule has 4 aromatic rings. The molecule has 186 valence electrons. The lowest BCUT2D eigenvalue weighted by molar-refractivity contribution is -0.479. The summed E-state index contributed by atoms with van der Waals surface area (Å²) in [6, 6.07) is 18.8. The molecule has 0 spiro atoms. The highest BCUT2D eigenvalue weighted by molar-refractivity contribution is 9.10. The molecule has 1 atom stereocenters. The fourth-order valence-electron chi connectivity index (χ4n) is 3.60. The Balaban J connectivity index is 1.67. The first-order valence-corrected chi connectivity index (χ1v) is 12.5. The van der Waals surface area contributed by atoms with Crippen molar-refractivity contribution in [1.82, 2.24) is 14.8 Å². The van der Waals surface area contributed by atoms with Crippen molar-refractivity contribution in [3.05, 3.63) is 104 Å². The Hall–Kier alpha value is -3.44. The van der Waals surface area contributed by atoms with Crippen LogP contribution in [-0.2, 0) is 6.61 Å². The van der Waals surface area contributed by atoms with Crippen LogP contribution in [0, 0.1) is 22.9 Å². The molecular weight excluding hydrogens is 551 g/mol. The van der Waals surface area contributed by atoms with Gasteiger partial charge in [-0.3, -0.25) is 14.7 Å². The van der Waals surface area contributed by atoms with Crippen molar-refractivity contribution in [2.45, 2.75) is 23.9 Å². The molecule has 0 radical (unpaired) electrons. The molecule has 36 heavy (non-hydrogen) atoms. The number of hydrogen-bond acceptors (Lipinski definition) is 7. The van der Waals surface area contributed by atoms with Crippen molar-refractivity contribution >= 4 is 27.7 Å². The van der Waals surface area contributed by atoms with Crippen molar-refractivity contribution < 1.29 is 18.8 Å².